The quantitative estimate of drug-likeness (QED) is 0.710. The first kappa shape index (κ1) is 18.7. The summed E-state index contributed by atoms with van der Waals surface area (Å²) in [5.41, 5.74) is 1.18. The van der Waals surface area contributed by atoms with Gasteiger partial charge in [0.25, 0.3) is 0 Å². The lowest BCUT2D eigenvalue weighted by Crippen LogP contribution is -2.51. The van der Waals surface area contributed by atoms with E-state index < -0.39 is 0 Å². The van der Waals surface area contributed by atoms with Crippen molar-refractivity contribution in [3.8, 4) is 0 Å². The molecule has 0 unspecified atom stereocenters. The molecule has 25 heavy (non-hydrogen) atoms. The zero-order valence-corrected chi connectivity index (χ0v) is 16.9. The summed E-state index contributed by atoms with van der Waals surface area (Å²) in [6.45, 7) is 5.46. The van der Waals surface area contributed by atoms with Gasteiger partial charge in [-0.2, -0.15) is 0 Å². The Bertz CT molecular complexity index is 643. The lowest BCUT2D eigenvalue weighted by atomic mass is 10.2. The van der Waals surface area contributed by atoms with E-state index in [0.717, 1.165) is 35.3 Å². The molecule has 1 aromatic rings. The first-order chi connectivity index (χ1) is 12.0. The van der Waals surface area contributed by atoms with E-state index in [2.05, 4.69) is 39.1 Å². The Morgan fingerprint density at radius 1 is 1.24 bits per heavy atom. The highest BCUT2D eigenvalue weighted by Gasteiger charge is 2.26. The van der Waals surface area contributed by atoms with Crippen LogP contribution in [0.3, 0.4) is 0 Å². The minimum absolute atomic E-state index is 0.114. The Labute approximate surface area is 161 Å². The minimum Gasteiger partial charge on any atom is -0.352 e. The normalized spacial score (nSPS) is 18.2. The van der Waals surface area contributed by atoms with Gasteiger partial charge in [-0.15, -0.1) is 11.8 Å². The van der Waals surface area contributed by atoms with Gasteiger partial charge in [0.2, 0.25) is 11.8 Å². The number of piperazine rings is 1. The summed E-state index contributed by atoms with van der Waals surface area (Å²) in [6.07, 6.45) is 2.23. The van der Waals surface area contributed by atoms with Gasteiger partial charge in [-0.3, -0.25) is 14.5 Å². The summed E-state index contributed by atoms with van der Waals surface area (Å²) in [6, 6.07) is 6.53. The van der Waals surface area contributed by atoms with Crippen molar-refractivity contribution in [1.82, 2.24) is 15.1 Å². The fraction of sp³-hybridized carbons (Fsp3) is 0.556. The number of aryl methyl sites for hydroxylation is 1. The lowest BCUT2D eigenvalue weighted by molar-refractivity contribution is -0.130. The Kier molecular flexibility index (Phi) is 6.41. The number of benzene rings is 1. The Morgan fingerprint density at radius 3 is 2.60 bits per heavy atom. The van der Waals surface area contributed by atoms with Gasteiger partial charge < -0.3 is 10.2 Å². The van der Waals surface area contributed by atoms with Crippen LogP contribution in [-0.4, -0.2) is 66.1 Å². The fourth-order valence-electron chi connectivity index (χ4n) is 2.87. The summed E-state index contributed by atoms with van der Waals surface area (Å²) >= 11 is 5.05. The molecule has 1 aromatic carbocycles. The van der Waals surface area contributed by atoms with E-state index in [1.165, 1.54) is 5.56 Å². The summed E-state index contributed by atoms with van der Waals surface area (Å²) in [7, 11) is 0. The molecule has 1 aliphatic heterocycles. The second-order valence-corrected chi connectivity index (χ2v) is 8.63. The third-order valence-electron chi connectivity index (χ3n) is 4.52. The van der Waals surface area contributed by atoms with Crippen LogP contribution < -0.4 is 5.32 Å². The Hall–Kier alpha value is -1.05. The van der Waals surface area contributed by atoms with Gasteiger partial charge in [-0.05, 0) is 43.5 Å². The third kappa shape index (κ3) is 5.72. The van der Waals surface area contributed by atoms with Crippen LogP contribution in [0.1, 0.15) is 18.4 Å². The average Bonchev–Trinajstić information content (AvgIpc) is 3.38. The second kappa shape index (κ2) is 8.56. The molecule has 1 saturated heterocycles. The van der Waals surface area contributed by atoms with E-state index in [-0.39, 0.29) is 11.8 Å². The number of thioether (sulfide) groups is 1. The van der Waals surface area contributed by atoms with E-state index >= 15 is 0 Å². The van der Waals surface area contributed by atoms with Crippen molar-refractivity contribution in [3.05, 3.63) is 28.2 Å². The first-order valence-electron chi connectivity index (χ1n) is 8.70. The van der Waals surface area contributed by atoms with Crippen molar-refractivity contribution in [2.45, 2.75) is 30.7 Å². The van der Waals surface area contributed by atoms with Gasteiger partial charge in [0.1, 0.15) is 0 Å². The summed E-state index contributed by atoms with van der Waals surface area (Å²) in [4.78, 5) is 29.5. The predicted molar refractivity (Wildman–Crippen MR) is 104 cm³/mol. The molecular weight excluding hydrogens is 402 g/mol. The molecular formula is C18H24BrN3O2S. The second-order valence-electron chi connectivity index (χ2n) is 6.70. The van der Waals surface area contributed by atoms with Crippen LogP contribution >= 0.6 is 27.7 Å². The van der Waals surface area contributed by atoms with Gasteiger partial charge in [0, 0.05) is 41.6 Å². The molecule has 1 saturated carbocycles. The van der Waals surface area contributed by atoms with Crippen LogP contribution in [0.15, 0.2) is 27.6 Å². The van der Waals surface area contributed by atoms with Gasteiger partial charge in [0.15, 0.2) is 0 Å². The topological polar surface area (TPSA) is 52.7 Å². The smallest absolute Gasteiger partial charge is 0.234 e. The van der Waals surface area contributed by atoms with Crippen molar-refractivity contribution in [3.63, 3.8) is 0 Å². The molecule has 136 valence electrons. The van der Waals surface area contributed by atoms with Crippen molar-refractivity contribution in [2.24, 2.45) is 0 Å². The van der Waals surface area contributed by atoms with Crippen LogP contribution in [0.4, 0.5) is 0 Å². The first-order valence-corrected chi connectivity index (χ1v) is 10.5. The molecule has 5 nitrogen and oxygen atoms in total. The third-order valence-corrected chi connectivity index (χ3v) is 6.18. The molecule has 0 atom stereocenters. The molecule has 2 amide bonds. The van der Waals surface area contributed by atoms with Crippen LogP contribution in [0.25, 0.3) is 0 Å². The molecule has 1 heterocycles. The van der Waals surface area contributed by atoms with Crippen molar-refractivity contribution in [1.29, 1.82) is 0 Å². The number of amides is 2. The fourth-order valence-corrected chi connectivity index (χ4v) is 4.25. The molecule has 1 N–H and O–H groups in total. The molecule has 2 aliphatic rings. The van der Waals surface area contributed by atoms with Crippen LogP contribution in [-0.2, 0) is 9.59 Å². The standard InChI is InChI=1S/C18H24BrN3O2S/c1-13-10-14(19)2-5-16(13)25-12-18(24)22-8-6-21(7-9-22)11-17(23)20-15-3-4-15/h2,5,10,15H,3-4,6-9,11-12H2,1H3,(H,20,23). The van der Waals surface area contributed by atoms with E-state index in [1.54, 1.807) is 11.8 Å². The molecule has 0 bridgehead atoms. The maximum atomic E-state index is 12.4. The predicted octanol–water partition coefficient (Wildman–Crippen LogP) is 2.27. The molecule has 2 fully saturated rings. The summed E-state index contributed by atoms with van der Waals surface area (Å²) in [5.74, 6) is 0.753. The highest BCUT2D eigenvalue weighted by Crippen LogP contribution is 2.25. The Morgan fingerprint density at radius 2 is 1.96 bits per heavy atom. The van der Waals surface area contributed by atoms with Crippen molar-refractivity contribution < 1.29 is 9.59 Å². The van der Waals surface area contributed by atoms with Crippen molar-refractivity contribution in [2.75, 3.05) is 38.5 Å². The summed E-state index contributed by atoms with van der Waals surface area (Å²) < 4.78 is 1.06. The average molecular weight is 426 g/mol. The zero-order chi connectivity index (χ0) is 17.8. The number of carbonyl (C=O) groups excluding carboxylic acids is 2. The lowest BCUT2D eigenvalue weighted by Gasteiger charge is -2.34. The zero-order valence-electron chi connectivity index (χ0n) is 14.5. The van der Waals surface area contributed by atoms with E-state index in [4.69, 9.17) is 0 Å². The maximum absolute atomic E-state index is 12.4. The highest BCUT2D eigenvalue weighted by molar-refractivity contribution is 9.10. The minimum atomic E-state index is 0.114. The number of nitrogens with zero attached hydrogens (tertiary/aromatic N) is 2. The molecule has 0 radical (unpaired) electrons. The maximum Gasteiger partial charge on any atom is 0.234 e. The van der Waals surface area contributed by atoms with Crippen LogP contribution in [0, 0.1) is 6.92 Å². The number of halogens is 1. The van der Waals surface area contributed by atoms with Crippen molar-refractivity contribution >= 4 is 39.5 Å². The monoisotopic (exact) mass is 425 g/mol. The molecule has 1 aliphatic carbocycles. The van der Waals surface area contributed by atoms with Crippen LogP contribution in [0.5, 0.6) is 0 Å². The van der Waals surface area contributed by atoms with E-state index in [0.29, 0.717) is 31.4 Å². The molecule has 3 rings (SSSR count). The molecule has 7 heteroatoms. The van der Waals surface area contributed by atoms with Crippen LogP contribution in [0.2, 0.25) is 0 Å². The number of hydrogen-bond acceptors (Lipinski definition) is 4. The SMILES string of the molecule is Cc1cc(Br)ccc1SCC(=O)N1CCN(CC(=O)NC2CC2)CC1. The highest BCUT2D eigenvalue weighted by atomic mass is 79.9. The number of nitrogens with one attached hydrogen (secondary N) is 1. The molecule has 0 aromatic heterocycles. The van der Waals surface area contributed by atoms with Gasteiger partial charge in [0.05, 0.1) is 12.3 Å². The number of rotatable bonds is 6. The van der Waals surface area contributed by atoms with E-state index in [9.17, 15) is 9.59 Å². The van der Waals surface area contributed by atoms with Gasteiger partial charge >= 0.3 is 0 Å². The largest absolute Gasteiger partial charge is 0.352 e. The number of hydrogen-bond donors (Lipinski definition) is 1. The molecule has 0 spiro atoms. The van der Waals surface area contributed by atoms with E-state index in [1.807, 2.05) is 17.0 Å². The Balaban J connectivity index is 1.39. The number of carbonyl (C=O) groups is 2. The van der Waals surface area contributed by atoms with Gasteiger partial charge in [-0.1, -0.05) is 15.9 Å². The van der Waals surface area contributed by atoms with Gasteiger partial charge in [-0.25, -0.2) is 0 Å². The summed E-state index contributed by atoms with van der Waals surface area (Å²) in [5, 5.41) is 3.01.